The molecule has 21 heavy (non-hydrogen) atoms. The number of Topliss-reactive ketones (excluding diaryl/α,β-unsaturated/α-hetero) is 1. The van der Waals surface area contributed by atoms with Crippen molar-refractivity contribution in [1.82, 2.24) is 9.88 Å². The van der Waals surface area contributed by atoms with Crippen molar-refractivity contribution in [2.75, 3.05) is 38.2 Å². The average Bonchev–Trinajstić information content (AvgIpc) is 2.91. The van der Waals surface area contributed by atoms with E-state index in [0.717, 1.165) is 31.3 Å². The second-order valence-corrected chi connectivity index (χ2v) is 6.12. The number of carbonyl (C=O) groups excluding carboxylic acids is 2. The summed E-state index contributed by atoms with van der Waals surface area (Å²) in [6.45, 7) is 9.46. The van der Waals surface area contributed by atoms with Gasteiger partial charge in [0.05, 0.1) is 7.11 Å². The molecule has 0 saturated carbocycles. The van der Waals surface area contributed by atoms with E-state index in [4.69, 9.17) is 4.74 Å². The van der Waals surface area contributed by atoms with Crippen LogP contribution in [0.3, 0.4) is 0 Å². The fraction of sp³-hybridized carbons (Fsp3) is 0.643. The number of ether oxygens (including phenoxy) is 1. The van der Waals surface area contributed by atoms with Crippen molar-refractivity contribution in [3.05, 3.63) is 10.6 Å². The number of anilines is 1. The lowest BCUT2D eigenvalue weighted by Gasteiger charge is -2.39. The minimum Gasteiger partial charge on any atom is -0.464 e. The summed E-state index contributed by atoms with van der Waals surface area (Å²) in [5, 5.41) is 0.725. The van der Waals surface area contributed by atoms with Crippen molar-refractivity contribution in [2.24, 2.45) is 0 Å². The number of hydrogen-bond acceptors (Lipinski definition) is 7. The maximum Gasteiger partial charge on any atom is 0.358 e. The Bertz CT molecular complexity index is 544. The topological polar surface area (TPSA) is 62.7 Å². The van der Waals surface area contributed by atoms with Gasteiger partial charge in [-0.05, 0) is 13.5 Å². The number of carbonyl (C=O) groups is 2. The number of methoxy groups -OCH3 is 1. The molecule has 0 aromatic carbocycles. The predicted octanol–water partition coefficient (Wildman–Crippen LogP) is 1.66. The summed E-state index contributed by atoms with van der Waals surface area (Å²) in [5.41, 5.74) is 0.135. The highest BCUT2D eigenvalue weighted by Crippen LogP contribution is 2.29. The number of nitrogens with zero attached hydrogens (tertiary/aromatic N) is 3. The molecule has 1 saturated heterocycles. The molecular formula is C14H21N3O3S. The standard InChI is InChI=1S/C14H21N3O3S/c1-5-16-6-7-17(8-9(16)2)14-15-11(13(19)20-4)12(21-14)10(3)18/h9H,5-8H2,1-4H3. The Balaban J connectivity index is 2.25. The minimum atomic E-state index is -0.553. The Kier molecular flexibility index (Phi) is 4.95. The van der Waals surface area contributed by atoms with Crippen LogP contribution in [0.25, 0.3) is 0 Å². The van der Waals surface area contributed by atoms with E-state index in [-0.39, 0.29) is 11.5 Å². The third-order valence-electron chi connectivity index (χ3n) is 3.76. The van der Waals surface area contributed by atoms with Crippen LogP contribution in [0.4, 0.5) is 5.13 Å². The van der Waals surface area contributed by atoms with Crippen LogP contribution >= 0.6 is 11.3 Å². The number of thiazole rings is 1. The number of rotatable bonds is 4. The quantitative estimate of drug-likeness (QED) is 0.622. The summed E-state index contributed by atoms with van der Waals surface area (Å²) in [6, 6.07) is 0.426. The first kappa shape index (κ1) is 15.9. The lowest BCUT2D eigenvalue weighted by molar-refractivity contribution is 0.0591. The fourth-order valence-corrected chi connectivity index (χ4v) is 3.54. The monoisotopic (exact) mass is 311 g/mol. The largest absolute Gasteiger partial charge is 0.464 e. The Labute approximate surface area is 128 Å². The van der Waals surface area contributed by atoms with Crippen molar-refractivity contribution < 1.29 is 14.3 Å². The zero-order chi connectivity index (χ0) is 15.6. The molecule has 1 fully saturated rings. The number of aromatic nitrogens is 1. The van der Waals surface area contributed by atoms with Crippen molar-refractivity contribution in [3.8, 4) is 0 Å². The molecule has 0 aliphatic carbocycles. The molecule has 0 radical (unpaired) electrons. The molecule has 1 unspecified atom stereocenters. The van der Waals surface area contributed by atoms with Crippen molar-refractivity contribution >= 4 is 28.2 Å². The second-order valence-electron chi connectivity index (χ2n) is 5.15. The smallest absolute Gasteiger partial charge is 0.358 e. The number of piperazine rings is 1. The van der Waals surface area contributed by atoms with Crippen LogP contribution in [-0.4, -0.2) is 61.0 Å². The van der Waals surface area contributed by atoms with Gasteiger partial charge in [-0.15, -0.1) is 0 Å². The van der Waals surface area contributed by atoms with E-state index in [1.807, 2.05) is 0 Å². The lowest BCUT2D eigenvalue weighted by Crippen LogP contribution is -2.51. The third-order valence-corrected chi connectivity index (χ3v) is 4.97. The third kappa shape index (κ3) is 3.24. The van der Waals surface area contributed by atoms with Crippen LogP contribution in [-0.2, 0) is 4.74 Å². The molecule has 0 amide bonds. The highest BCUT2D eigenvalue weighted by molar-refractivity contribution is 7.17. The molecule has 116 valence electrons. The molecule has 1 aromatic rings. The van der Waals surface area contributed by atoms with Gasteiger partial charge in [0.2, 0.25) is 0 Å². The number of likely N-dealkylation sites (N-methyl/N-ethyl adjacent to an activating group) is 1. The molecule has 1 atom stereocenters. The van der Waals surface area contributed by atoms with Crippen molar-refractivity contribution in [1.29, 1.82) is 0 Å². The molecule has 0 N–H and O–H groups in total. The molecule has 1 aliphatic heterocycles. The normalized spacial score (nSPS) is 19.6. The van der Waals surface area contributed by atoms with Gasteiger partial charge >= 0.3 is 5.97 Å². The summed E-state index contributed by atoms with van der Waals surface area (Å²) in [7, 11) is 1.30. The zero-order valence-electron chi connectivity index (χ0n) is 12.9. The van der Waals surface area contributed by atoms with E-state index in [9.17, 15) is 9.59 Å². The van der Waals surface area contributed by atoms with E-state index in [1.54, 1.807) is 0 Å². The molecule has 0 spiro atoms. The fourth-order valence-electron chi connectivity index (χ4n) is 2.56. The summed E-state index contributed by atoms with van der Waals surface area (Å²) in [4.78, 5) is 32.7. The Morgan fingerprint density at radius 1 is 1.43 bits per heavy atom. The molecule has 6 nitrogen and oxygen atoms in total. The number of hydrogen-bond donors (Lipinski definition) is 0. The molecule has 7 heteroatoms. The first-order valence-corrected chi connectivity index (χ1v) is 7.88. The summed E-state index contributed by atoms with van der Waals surface area (Å²) < 4.78 is 4.71. The maximum atomic E-state index is 11.7. The van der Waals surface area contributed by atoms with Gasteiger partial charge in [0.15, 0.2) is 16.6 Å². The highest BCUT2D eigenvalue weighted by atomic mass is 32.1. The Hall–Kier alpha value is -1.47. The van der Waals surface area contributed by atoms with Crippen LogP contribution in [0.15, 0.2) is 0 Å². The zero-order valence-corrected chi connectivity index (χ0v) is 13.7. The van der Waals surface area contributed by atoms with Gasteiger partial charge in [0, 0.05) is 32.6 Å². The summed E-state index contributed by atoms with van der Waals surface area (Å²) in [6.07, 6.45) is 0. The average molecular weight is 311 g/mol. The molecule has 2 heterocycles. The van der Waals surface area contributed by atoms with Crippen LogP contribution in [0, 0.1) is 0 Å². The SMILES string of the molecule is CCN1CCN(c2nc(C(=O)OC)c(C(C)=O)s2)CC1C. The van der Waals surface area contributed by atoms with E-state index < -0.39 is 5.97 Å². The van der Waals surface area contributed by atoms with E-state index in [2.05, 4.69) is 28.6 Å². The van der Waals surface area contributed by atoms with Gasteiger partial charge < -0.3 is 9.64 Å². The lowest BCUT2D eigenvalue weighted by atomic mass is 10.2. The first-order valence-electron chi connectivity index (χ1n) is 7.07. The molecular weight excluding hydrogens is 290 g/mol. The van der Waals surface area contributed by atoms with Crippen molar-refractivity contribution in [3.63, 3.8) is 0 Å². The minimum absolute atomic E-state index is 0.135. The Morgan fingerprint density at radius 3 is 2.67 bits per heavy atom. The van der Waals surface area contributed by atoms with E-state index in [1.165, 1.54) is 25.4 Å². The number of esters is 1. The highest BCUT2D eigenvalue weighted by Gasteiger charge is 2.28. The van der Waals surface area contributed by atoms with Gasteiger partial charge in [-0.2, -0.15) is 0 Å². The molecule has 0 bridgehead atoms. The predicted molar refractivity (Wildman–Crippen MR) is 82.4 cm³/mol. The second kappa shape index (κ2) is 6.53. The van der Waals surface area contributed by atoms with Gasteiger partial charge in [-0.3, -0.25) is 9.69 Å². The molecule has 1 aliphatic rings. The van der Waals surface area contributed by atoms with Crippen LogP contribution in [0.1, 0.15) is 40.9 Å². The summed E-state index contributed by atoms with van der Waals surface area (Å²) >= 11 is 1.27. The van der Waals surface area contributed by atoms with Gasteiger partial charge in [-0.1, -0.05) is 18.3 Å². The molecule has 2 rings (SSSR count). The first-order chi connectivity index (χ1) is 9.97. The van der Waals surface area contributed by atoms with Crippen molar-refractivity contribution in [2.45, 2.75) is 26.8 Å². The number of ketones is 1. The Morgan fingerprint density at radius 2 is 2.14 bits per heavy atom. The van der Waals surface area contributed by atoms with Crippen LogP contribution in [0.5, 0.6) is 0 Å². The van der Waals surface area contributed by atoms with Crippen LogP contribution in [0.2, 0.25) is 0 Å². The van der Waals surface area contributed by atoms with Gasteiger partial charge in [0.1, 0.15) is 4.88 Å². The van der Waals surface area contributed by atoms with Crippen LogP contribution < -0.4 is 4.90 Å². The van der Waals surface area contributed by atoms with Gasteiger partial charge in [-0.25, -0.2) is 9.78 Å². The van der Waals surface area contributed by atoms with E-state index >= 15 is 0 Å². The molecule has 1 aromatic heterocycles. The van der Waals surface area contributed by atoms with E-state index in [0.29, 0.717) is 10.9 Å². The maximum absolute atomic E-state index is 11.7. The van der Waals surface area contributed by atoms with Gasteiger partial charge in [0.25, 0.3) is 0 Å². The summed E-state index contributed by atoms with van der Waals surface area (Å²) in [5.74, 6) is -0.706.